The Morgan fingerprint density at radius 3 is 3.00 bits per heavy atom. The molecular formula is C15H13N5OS. The third-order valence-electron chi connectivity index (χ3n) is 2.83. The van der Waals surface area contributed by atoms with Gasteiger partial charge in [0.05, 0.1) is 12.5 Å². The van der Waals surface area contributed by atoms with Crippen molar-refractivity contribution in [3.63, 3.8) is 0 Å². The molecule has 0 atom stereocenters. The molecule has 3 rings (SSSR count). The fourth-order valence-electron chi connectivity index (χ4n) is 1.84. The lowest BCUT2D eigenvalue weighted by Crippen LogP contribution is -1.96. The van der Waals surface area contributed by atoms with E-state index >= 15 is 0 Å². The Morgan fingerprint density at radius 2 is 2.27 bits per heavy atom. The van der Waals surface area contributed by atoms with Crippen LogP contribution in [0.25, 0.3) is 17.6 Å². The van der Waals surface area contributed by atoms with Gasteiger partial charge in [-0.25, -0.2) is 5.10 Å². The normalized spacial score (nSPS) is 12.1. The minimum atomic E-state index is 0.405. The number of aromatic nitrogens is 4. The number of rotatable bonds is 4. The van der Waals surface area contributed by atoms with Gasteiger partial charge in [-0.2, -0.15) is 14.9 Å². The van der Waals surface area contributed by atoms with Gasteiger partial charge in [0.15, 0.2) is 0 Å². The Labute approximate surface area is 131 Å². The lowest BCUT2D eigenvalue weighted by atomic mass is 10.3. The Morgan fingerprint density at radius 1 is 1.36 bits per heavy atom. The minimum absolute atomic E-state index is 0.405. The highest BCUT2D eigenvalue weighted by Crippen LogP contribution is 2.13. The molecule has 0 saturated heterocycles. The van der Waals surface area contributed by atoms with E-state index in [0.29, 0.717) is 16.3 Å². The first-order valence-corrected chi connectivity index (χ1v) is 7.00. The van der Waals surface area contributed by atoms with Crippen LogP contribution in [0.2, 0.25) is 0 Å². The first-order chi connectivity index (χ1) is 10.7. The zero-order valence-corrected chi connectivity index (χ0v) is 12.6. The summed E-state index contributed by atoms with van der Waals surface area (Å²) in [6.45, 7) is 1.93. The van der Waals surface area contributed by atoms with Crippen molar-refractivity contribution in [2.45, 2.75) is 6.92 Å². The summed E-state index contributed by atoms with van der Waals surface area (Å²) in [5.74, 6) is 1.33. The van der Waals surface area contributed by atoms with Gasteiger partial charge >= 0.3 is 0 Å². The van der Waals surface area contributed by atoms with Gasteiger partial charge in [0.25, 0.3) is 0 Å². The summed E-state index contributed by atoms with van der Waals surface area (Å²) in [4.78, 5) is 4.26. The van der Waals surface area contributed by atoms with Gasteiger partial charge in [0.1, 0.15) is 11.5 Å². The van der Waals surface area contributed by atoms with E-state index < -0.39 is 0 Å². The molecule has 6 nitrogen and oxygen atoms in total. The molecule has 0 unspecified atom stereocenters. The summed E-state index contributed by atoms with van der Waals surface area (Å²) in [5, 5.41) is 11.3. The molecule has 0 aliphatic heterocycles. The van der Waals surface area contributed by atoms with Gasteiger partial charge in [0, 0.05) is 6.20 Å². The van der Waals surface area contributed by atoms with E-state index in [9.17, 15) is 0 Å². The number of pyridine rings is 1. The molecule has 7 heteroatoms. The first-order valence-electron chi connectivity index (χ1n) is 6.59. The van der Waals surface area contributed by atoms with Crippen LogP contribution in [0.1, 0.15) is 12.7 Å². The molecule has 0 fully saturated rings. The van der Waals surface area contributed by atoms with Gasteiger partial charge < -0.3 is 4.42 Å². The number of H-pyrrole nitrogens is 1. The maximum Gasteiger partial charge on any atom is 0.216 e. The molecule has 110 valence electrons. The summed E-state index contributed by atoms with van der Waals surface area (Å²) >= 11 is 5.21. The highest BCUT2D eigenvalue weighted by atomic mass is 32.1. The van der Waals surface area contributed by atoms with E-state index in [1.165, 1.54) is 4.68 Å². The number of furan rings is 1. The number of nitrogens with zero attached hydrogens (tertiary/aromatic N) is 4. The summed E-state index contributed by atoms with van der Waals surface area (Å²) < 4.78 is 7.21. The summed E-state index contributed by atoms with van der Waals surface area (Å²) in [6, 6.07) is 9.29. The van der Waals surface area contributed by atoms with Crippen molar-refractivity contribution in [2.24, 2.45) is 5.10 Å². The van der Waals surface area contributed by atoms with Crippen molar-refractivity contribution in [3.8, 4) is 11.5 Å². The monoisotopic (exact) mass is 311 g/mol. The average molecular weight is 311 g/mol. The predicted molar refractivity (Wildman–Crippen MR) is 86.9 cm³/mol. The van der Waals surface area contributed by atoms with Crippen LogP contribution in [-0.2, 0) is 0 Å². The molecule has 0 aromatic carbocycles. The number of allylic oxidation sites excluding steroid dienone is 1. The largest absolute Gasteiger partial charge is 0.465 e. The highest BCUT2D eigenvalue weighted by Gasteiger charge is 2.08. The zero-order chi connectivity index (χ0) is 15.4. The second-order valence-corrected chi connectivity index (χ2v) is 4.91. The first kappa shape index (κ1) is 14.2. The van der Waals surface area contributed by atoms with Crippen molar-refractivity contribution in [1.82, 2.24) is 19.9 Å². The summed E-state index contributed by atoms with van der Waals surface area (Å²) in [6.07, 6.45) is 6.90. The van der Waals surface area contributed by atoms with E-state index in [0.717, 1.165) is 11.3 Å². The molecular weight excluding hydrogens is 298 g/mol. The molecule has 3 aromatic rings. The van der Waals surface area contributed by atoms with E-state index in [1.54, 1.807) is 18.7 Å². The zero-order valence-electron chi connectivity index (χ0n) is 11.8. The lowest BCUT2D eigenvalue weighted by molar-refractivity contribution is 0.557. The second kappa shape index (κ2) is 6.31. The highest BCUT2D eigenvalue weighted by molar-refractivity contribution is 7.71. The van der Waals surface area contributed by atoms with Crippen molar-refractivity contribution in [1.29, 1.82) is 0 Å². The predicted octanol–water partition coefficient (Wildman–Crippen LogP) is 3.53. The van der Waals surface area contributed by atoms with Crippen LogP contribution in [0.5, 0.6) is 0 Å². The quantitative estimate of drug-likeness (QED) is 0.591. The molecule has 1 N–H and O–H groups in total. The van der Waals surface area contributed by atoms with Gasteiger partial charge in [-0.05, 0) is 55.1 Å². The number of nitrogens with one attached hydrogen (secondary N) is 1. The maximum atomic E-state index is 5.26. The van der Waals surface area contributed by atoms with Gasteiger partial charge in [0.2, 0.25) is 10.6 Å². The van der Waals surface area contributed by atoms with Crippen LogP contribution in [0, 0.1) is 4.77 Å². The SMILES string of the molecule is CC(/C=N\n1c(-c2ccccn2)n[nH]c1=S)=C\c1ccco1. The third-order valence-corrected chi connectivity index (χ3v) is 3.10. The summed E-state index contributed by atoms with van der Waals surface area (Å²) in [5.41, 5.74) is 1.62. The van der Waals surface area contributed by atoms with Gasteiger partial charge in [-0.15, -0.1) is 0 Å². The fourth-order valence-corrected chi connectivity index (χ4v) is 2.02. The van der Waals surface area contributed by atoms with Gasteiger partial charge in [-0.3, -0.25) is 4.98 Å². The maximum absolute atomic E-state index is 5.26. The Hall–Kier alpha value is -2.80. The molecule has 0 amide bonds. The smallest absolute Gasteiger partial charge is 0.216 e. The third kappa shape index (κ3) is 3.09. The van der Waals surface area contributed by atoms with Crippen LogP contribution in [0.4, 0.5) is 0 Å². The van der Waals surface area contributed by atoms with E-state index in [2.05, 4.69) is 20.3 Å². The van der Waals surface area contributed by atoms with Crippen molar-refractivity contribution in [3.05, 3.63) is 58.9 Å². The van der Waals surface area contributed by atoms with E-state index in [1.807, 2.05) is 43.3 Å². The number of hydrogen-bond acceptors (Lipinski definition) is 5. The Balaban J connectivity index is 1.91. The molecule has 0 aliphatic rings. The van der Waals surface area contributed by atoms with Crippen molar-refractivity contribution >= 4 is 24.5 Å². The minimum Gasteiger partial charge on any atom is -0.465 e. The fraction of sp³-hybridized carbons (Fsp3) is 0.0667. The molecule has 0 bridgehead atoms. The number of aromatic amines is 1. The van der Waals surface area contributed by atoms with Crippen LogP contribution in [0.3, 0.4) is 0 Å². The van der Waals surface area contributed by atoms with Gasteiger partial charge in [-0.1, -0.05) is 6.07 Å². The van der Waals surface area contributed by atoms with E-state index in [4.69, 9.17) is 16.6 Å². The molecule has 3 heterocycles. The Kier molecular flexibility index (Phi) is 4.06. The molecule has 0 saturated carbocycles. The molecule has 0 radical (unpaired) electrons. The second-order valence-electron chi connectivity index (χ2n) is 4.53. The topological polar surface area (TPSA) is 72.0 Å². The van der Waals surface area contributed by atoms with E-state index in [-0.39, 0.29) is 0 Å². The van der Waals surface area contributed by atoms with Crippen LogP contribution >= 0.6 is 12.2 Å². The summed E-state index contributed by atoms with van der Waals surface area (Å²) in [7, 11) is 0. The van der Waals surface area contributed by atoms with Crippen LogP contribution < -0.4 is 0 Å². The number of hydrogen-bond donors (Lipinski definition) is 1. The van der Waals surface area contributed by atoms with Crippen LogP contribution in [0.15, 0.2) is 57.9 Å². The van der Waals surface area contributed by atoms with Crippen molar-refractivity contribution in [2.75, 3.05) is 0 Å². The molecule has 0 spiro atoms. The lowest BCUT2D eigenvalue weighted by Gasteiger charge is -1.99. The molecule has 22 heavy (non-hydrogen) atoms. The molecule has 0 aliphatic carbocycles. The van der Waals surface area contributed by atoms with Crippen LogP contribution in [-0.4, -0.2) is 26.1 Å². The molecule has 3 aromatic heterocycles. The Bertz CT molecular complexity index is 859. The standard InChI is InChI=1S/C15H13N5OS/c1-11(9-12-5-4-8-21-12)10-17-20-14(18-19-15(20)22)13-6-2-3-7-16-13/h2-10H,1H3,(H,19,22)/b11-9+,17-10-. The van der Waals surface area contributed by atoms with Crippen molar-refractivity contribution < 1.29 is 4.42 Å². The average Bonchev–Trinajstić information content (AvgIpc) is 3.16.